The largest absolute Gasteiger partial charge is 0.213 e. The maximum Gasteiger partial charge on any atom is 0.213 e. The van der Waals surface area contributed by atoms with Crippen LogP contribution in [0.1, 0.15) is 26.3 Å². The maximum absolute atomic E-state index is 13.0. The minimum Gasteiger partial charge on any atom is -0.213 e. The van der Waals surface area contributed by atoms with E-state index >= 15 is 0 Å². The summed E-state index contributed by atoms with van der Waals surface area (Å²) in [4.78, 5) is 4.91. The number of pyridine rings is 1. The highest BCUT2D eigenvalue weighted by Crippen LogP contribution is 2.29. The van der Waals surface area contributed by atoms with Gasteiger partial charge in [-0.15, -0.1) is 0 Å². The molecule has 0 fully saturated rings. The first-order valence-corrected chi connectivity index (χ1v) is 6.68. The van der Waals surface area contributed by atoms with Crippen LogP contribution in [-0.4, -0.2) is 4.98 Å². The molecule has 0 bridgehead atoms. The average molecular weight is 261 g/mol. The quantitative estimate of drug-likeness (QED) is 0.729. The van der Waals surface area contributed by atoms with E-state index < -0.39 is 5.95 Å². The van der Waals surface area contributed by atoms with E-state index in [-0.39, 0.29) is 5.41 Å². The molecule has 0 saturated heterocycles. The Morgan fingerprint density at radius 3 is 2.22 bits per heavy atom. The Morgan fingerprint density at radius 2 is 1.67 bits per heavy atom. The van der Waals surface area contributed by atoms with Gasteiger partial charge in [0.25, 0.3) is 0 Å². The van der Waals surface area contributed by atoms with Crippen LogP contribution in [-0.2, 0) is 5.41 Å². The van der Waals surface area contributed by atoms with Gasteiger partial charge in [0.15, 0.2) is 0 Å². The van der Waals surface area contributed by atoms with Crippen LogP contribution < -0.4 is 0 Å². The van der Waals surface area contributed by atoms with Gasteiger partial charge in [-0.05, 0) is 35.2 Å². The van der Waals surface area contributed by atoms with Crippen LogP contribution >= 0.6 is 11.8 Å². The van der Waals surface area contributed by atoms with Gasteiger partial charge in [0.2, 0.25) is 5.95 Å². The zero-order valence-corrected chi connectivity index (χ0v) is 11.6. The summed E-state index contributed by atoms with van der Waals surface area (Å²) in [5, 5.41) is 0.679. The van der Waals surface area contributed by atoms with Crippen LogP contribution in [0.25, 0.3) is 0 Å². The van der Waals surface area contributed by atoms with Gasteiger partial charge in [0, 0.05) is 4.90 Å². The van der Waals surface area contributed by atoms with Crippen LogP contribution in [0.5, 0.6) is 0 Å². The predicted octanol–water partition coefficient (Wildman–Crippen LogP) is 4.67. The third kappa shape index (κ3) is 3.33. The molecular formula is C15H16FNS. The fourth-order valence-corrected chi connectivity index (χ4v) is 2.38. The summed E-state index contributed by atoms with van der Waals surface area (Å²) in [7, 11) is 0. The first-order valence-electron chi connectivity index (χ1n) is 5.86. The van der Waals surface area contributed by atoms with E-state index in [1.165, 1.54) is 23.4 Å². The van der Waals surface area contributed by atoms with Gasteiger partial charge >= 0.3 is 0 Å². The molecule has 2 rings (SSSR count). The van der Waals surface area contributed by atoms with Crippen molar-refractivity contribution in [3.8, 4) is 0 Å². The minimum absolute atomic E-state index is 0.153. The molecule has 2 aromatic rings. The Kier molecular flexibility index (Phi) is 3.71. The van der Waals surface area contributed by atoms with Gasteiger partial charge in [-0.25, -0.2) is 4.98 Å². The number of hydrogen-bond donors (Lipinski definition) is 0. The fourth-order valence-electron chi connectivity index (χ4n) is 1.59. The van der Waals surface area contributed by atoms with Crippen molar-refractivity contribution < 1.29 is 4.39 Å². The van der Waals surface area contributed by atoms with Gasteiger partial charge in [-0.2, -0.15) is 4.39 Å². The molecule has 0 saturated carbocycles. The van der Waals surface area contributed by atoms with E-state index in [0.717, 1.165) is 4.90 Å². The molecule has 0 amide bonds. The summed E-state index contributed by atoms with van der Waals surface area (Å²) in [6.45, 7) is 6.55. The number of rotatable bonds is 2. The molecule has 0 radical (unpaired) electrons. The second kappa shape index (κ2) is 5.11. The predicted molar refractivity (Wildman–Crippen MR) is 73.5 cm³/mol. The van der Waals surface area contributed by atoms with Crippen molar-refractivity contribution in [1.29, 1.82) is 0 Å². The first-order chi connectivity index (χ1) is 8.45. The zero-order chi connectivity index (χ0) is 13.2. The van der Waals surface area contributed by atoms with Gasteiger partial charge in [-0.3, -0.25) is 0 Å². The van der Waals surface area contributed by atoms with Crippen molar-refractivity contribution >= 4 is 11.8 Å². The van der Waals surface area contributed by atoms with Gasteiger partial charge < -0.3 is 0 Å². The molecule has 0 aliphatic heterocycles. The second-order valence-corrected chi connectivity index (χ2v) is 6.27. The summed E-state index contributed by atoms with van der Waals surface area (Å²) < 4.78 is 13.0. The van der Waals surface area contributed by atoms with Crippen molar-refractivity contribution in [3.63, 3.8) is 0 Å². The lowest BCUT2D eigenvalue weighted by atomic mass is 9.87. The average Bonchev–Trinajstić information content (AvgIpc) is 2.28. The van der Waals surface area contributed by atoms with E-state index in [9.17, 15) is 4.39 Å². The first kappa shape index (κ1) is 13.1. The molecule has 0 spiro atoms. The molecule has 0 atom stereocenters. The Labute approximate surface area is 111 Å². The van der Waals surface area contributed by atoms with Crippen LogP contribution in [0.2, 0.25) is 0 Å². The molecular weight excluding hydrogens is 245 g/mol. The van der Waals surface area contributed by atoms with Gasteiger partial charge in [0.05, 0.1) is 0 Å². The highest BCUT2D eigenvalue weighted by Gasteiger charge is 2.13. The van der Waals surface area contributed by atoms with Gasteiger partial charge in [-0.1, -0.05) is 50.7 Å². The lowest BCUT2D eigenvalue weighted by Gasteiger charge is -2.18. The molecule has 0 aliphatic carbocycles. The van der Waals surface area contributed by atoms with Crippen molar-refractivity contribution in [2.24, 2.45) is 0 Å². The third-order valence-corrected chi connectivity index (χ3v) is 3.58. The van der Waals surface area contributed by atoms with E-state index in [4.69, 9.17) is 0 Å². The van der Waals surface area contributed by atoms with Crippen molar-refractivity contribution in [2.75, 3.05) is 0 Å². The molecule has 1 aromatic heterocycles. The Morgan fingerprint density at radius 1 is 1.00 bits per heavy atom. The summed E-state index contributed by atoms with van der Waals surface area (Å²) in [5.41, 5.74) is 1.44. The monoisotopic (exact) mass is 261 g/mol. The molecule has 0 N–H and O–H groups in total. The van der Waals surface area contributed by atoms with E-state index in [0.29, 0.717) is 5.03 Å². The second-order valence-electron chi connectivity index (χ2n) is 5.17. The van der Waals surface area contributed by atoms with Crippen molar-refractivity contribution in [3.05, 3.63) is 54.0 Å². The minimum atomic E-state index is -0.439. The summed E-state index contributed by atoms with van der Waals surface area (Å²) in [6.07, 6.45) is 0. The molecule has 94 valence electrons. The highest BCUT2D eigenvalue weighted by atomic mass is 32.2. The smallest absolute Gasteiger partial charge is 0.213 e. The molecule has 1 aromatic carbocycles. The highest BCUT2D eigenvalue weighted by molar-refractivity contribution is 7.99. The molecule has 18 heavy (non-hydrogen) atoms. The van der Waals surface area contributed by atoms with Crippen LogP contribution in [0.3, 0.4) is 0 Å². The van der Waals surface area contributed by atoms with Crippen molar-refractivity contribution in [2.45, 2.75) is 36.1 Å². The van der Waals surface area contributed by atoms with Crippen LogP contribution in [0, 0.1) is 5.95 Å². The molecule has 1 nitrogen and oxygen atoms in total. The van der Waals surface area contributed by atoms with Crippen LogP contribution in [0.4, 0.5) is 4.39 Å². The van der Waals surface area contributed by atoms with E-state index in [1.54, 1.807) is 6.07 Å². The summed E-state index contributed by atoms with van der Waals surface area (Å²) in [5.74, 6) is -0.439. The molecule has 3 heteroatoms. The number of hydrogen-bond acceptors (Lipinski definition) is 2. The lowest BCUT2D eigenvalue weighted by molar-refractivity contribution is 0.572. The lowest BCUT2D eigenvalue weighted by Crippen LogP contribution is -2.10. The number of aromatic nitrogens is 1. The standard InChI is InChI=1S/C15H16FNS/c1-15(2,3)11-7-9-12(10-8-11)18-14-6-4-5-13(16)17-14/h4-10H,1-3H3. The maximum atomic E-state index is 13.0. The van der Waals surface area contributed by atoms with E-state index in [2.05, 4.69) is 50.0 Å². The molecule has 0 aliphatic rings. The number of nitrogens with zero attached hydrogens (tertiary/aromatic N) is 1. The van der Waals surface area contributed by atoms with Crippen molar-refractivity contribution in [1.82, 2.24) is 4.98 Å². The van der Waals surface area contributed by atoms with Crippen LogP contribution in [0.15, 0.2) is 52.4 Å². The fraction of sp³-hybridized carbons (Fsp3) is 0.267. The third-order valence-electron chi connectivity index (χ3n) is 2.63. The molecule has 0 unspecified atom stereocenters. The molecule has 1 heterocycles. The summed E-state index contributed by atoms with van der Waals surface area (Å²) in [6, 6.07) is 13.2. The van der Waals surface area contributed by atoms with Gasteiger partial charge in [0.1, 0.15) is 5.03 Å². The number of halogens is 1. The summed E-state index contributed by atoms with van der Waals surface area (Å²) >= 11 is 1.47. The Bertz CT molecular complexity index is 529. The number of benzene rings is 1. The van der Waals surface area contributed by atoms with E-state index in [1.807, 2.05) is 6.07 Å². The normalized spacial score (nSPS) is 11.6. The topological polar surface area (TPSA) is 12.9 Å². The zero-order valence-electron chi connectivity index (χ0n) is 10.8. The Hall–Kier alpha value is -1.35. The SMILES string of the molecule is CC(C)(C)c1ccc(Sc2cccc(F)n2)cc1. The Balaban J connectivity index is 2.16.